The first kappa shape index (κ1) is 29.8. The van der Waals surface area contributed by atoms with E-state index in [1.165, 1.54) is 26.6 Å². The minimum absolute atomic E-state index is 0.134. The fourth-order valence-corrected chi connectivity index (χ4v) is 6.16. The molecule has 9 nitrogen and oxygen atoms in total. The van der Waals surface area contributed by atoms with Gasteiger partial charge in [0.25, 0.3) is 0 Å². The molecule has 0 aromatic carbocycles. The van der Waals surface area contributed by atoms with Crippen molar-refractivity contribution in [1.29, 1.82) is 0 Å². The lowest BCUT2D eigenvalue weighted by Gasteiger charge is -2.39. The molecule has 0 saturated carbocycles. The number of esters is 2. The second-order valence-electron chi connectivity index (χ2n) is 10.9. The van der Waals surface area contributed by atoms with Crippen LogP contribution in [0.25, 0.3) is 0 Å². The molecule has 9 heteroatoms. The van der Waals surface area contributed by atoms with Gasteiger partial charge in [-0.2, -0.15) is 0 Å². The third-order valence-corrected chi connectivity index (χ3v) is 8.36. The first-order chi connectivity index (χ1) is 17.9. The van der Waals surface area contributed by atoms with Gasteiger partial charge in [0, 0.05) is 38.7 Å². The van der Waals surface area contributed by atoms with Gasteiger partial charge in [0.1, 0.15) is 12.2 Å². The molecule has 0 spiro atoms. The fourth-order valence-electron chi connectivity index (χ4n) is 6.16. The molecule has 2 aliphatic rings. The zero-order valence-corrected chi connectivity index (χ0v) is 23.4. The number of hydrogen-bond donors (Lipinski definition) is 1. The SMILES string of the molecule is COC(=O)C[C@@H]1C(C)=C(C(O)C2=CCC[C@@](C)([C@@H](OC(C)=O)c3ccoc3)C2=O)C[C@@]1(C)CC(OC)OC. The first-order valence-corrected chi connectivity index (χ1v) is 12.9. The van der Waals surface area contributed by atoms with Gasteiger partial charge >= 0.3 is 11.9 Å². The van der Waals surface area contributed by atoms with Gasteiger partial charge in [0.2, 0.25) is 0 Å². The van der Waals surface area contributed by atoms with E-state index in [9.17, 15) is 19.5 Å². The van der Waals surface area contributed by atoms with E-state index in [0.717, 1.165) is 5.57 Å². The summed E-state index contributed by atoms with van der Waals surface area (Å²) < 4.78 is 26.7. The number of carbonyl (C=O) groups is 3. The Balaban J connectivity index is 1.97. The first-order valence-electron chi connectivity index (χ1n) is 12.9. The second kappa shape index (κ2) is 12.0. The van der Waals surface area contributed by atoms with Gasteiger partial charge in [0.15, 0.2) is 12.1 Å². The molecule has 0 amide bonds. The topological polar surface area (TPSA) is 122 Å². The Hall–Kier alpha value is -2.75. The number of carbonyl (C=O) groups excluding carboxylic acids is 3. The standard InChI is InChI=1S/C29H40O9/c1-17-21(14-28(3,15-24(35-6)36-7)22(17)13-23(31)34-5)25(32)20-9-8-11-29(4,26(20)33)27(38-18(2)30)19-10-12-37-16-19/h9-10,12,16,22,24-25,27,32H,8,11,13-15H2,1-7H3/t22-,25?,27+,28+,29-/m1/s1. The predicted molar refractivity (Wildman–Crippen MR) is 138 cm³/mol. The number of aliphatic hydroxyl groups excluding tert-OH is 1. The van der Waals surface area contributed by atoms with Crippen molar-refractivity contribution in [2.45, 2.75) is 78.3 Å². The molecule has 1 N–H and O–H groups in total. The van der Waals surface area contributed by atoms with Crippen molar-refractivity contribution in [3.8, 4) is 0 Å². The highest BCUT2D eigenvalue weighted by atomic mass is 16.7. The second-order valence-corrected chi connectivity index (χ2v) is 10.9. The van der Waals surface area contributed by atoms with E-state index < -0.39 is 35.3 Å². The van der Waals surface area contributed by atoms with Crippen LogP contribution in [0.15, 0.2) is 45.8 Å². The molecule has 1 heterocycles. The van der Waals surface area contributed by atoms with Gasteiger partial charge in [-0.25, -0.2) is 0 Å². The normalized spacial score (nSPS) is 27.3. The number of methoxy groups -OCH3 is 3. The van der Waals surface area contributed by atoms with E-state index in [1.54, 1.807) is 33.3 Å². The van der Waals surface area contributed by atoms with Crippen molar-refractivity contribution in [1.82, 2.24) is 0 Å². The lowest BCUT2D eigenvalue weighted by atomic mass is 9.67. The molecule has 0 radical (unpaired) electrons. The highest BCUT2D eigenvalue weighted by Gasteiger charge is 2.51. The summed E-state index contributed by atoms with van der Waals surface area (Å²) in [5.74, 6) is -1.39. The number of Topliss-reactive ketones (excluding diaryl/α,β-unsaturated/α-hetero) is 1. The van der Waals surface area contributed by atoms with Crippen molar-refractivity contribution < 1.29 is 42.9 Å². The molecular weight excluding hydrogens is 492 g/mol. The van der Waals surface area contributed by atoms with Gasteiger partial charge in [-0.1, -0.05) is 18.6 Å². The molecule has 38 heavy (non-hydrogen) atoms. The quantitative estimate of drug-likeness (QED) is 0.250. The van der Waals surface area contributed by atoms with Crippen LogP contribution < -0.4 is 0 Å². The van der Waals surface area contributed by atoms with E-state index in [-0.39, 0.29) is 29.7 Å². The van der Waals surface area contributed by atoms with E-state index in [1.807, 2.05) is 13.8 Å². The number of hydrogen-bond acceptors (Lipinski definition) is 9. The summed E-state index contributed by atoms with van der Waals surface area (Å²) in [7, 11) is 4.47. The summed E-state index contributed by atoms with van der Waals surface area (Å²) in [5, 5.41) is 11.7. The van der Waals surface area contributed by atoms with Gasteiger partial charge in [-0.3, -0.25) is 14.4 Å². The van der Waals surface area contributed by atoms with Crippen LogP contribution >= 0.6 is 0 Å². The summed E-state index contributed by atoms with van der Waals surface area (Å²) in [6.45, 7) is 6.99. The number of aliphatic hydroxyl groups is 1. The van der Waals surface area contributed by atoms with Crippen LogP contribution in [0.2, 0.25) is 0 Å². The Kier molecular flexibility index (Phi) is 9.39. The van der Waals surface area contributed by atoms with Crippen LogP contribution in [-0.2, 0) is 33.3 Å². The highest BCUT2D eigenvalue weighted by molar-refractivity contribution is 6.02. The van der Waals surface area contributed by atoms with Gasteiger partial charge in [0.05, 0.1) is 31.5 Å². The molecule has 3 rings (SSSR count). The molecule has 2 aliphatic carbocycles. The van der Waals surface area contributed by atoms with Crippen LogP contribution in [0.5, 0.6) is 0 Å². The molecule has 0 bridgehead atoms. The van der Waals surface area contributed by atoms with Crippen LogP contribution in [0, 0.1) is 16.7 Å². The number of ketones is 1. The van der Waals surface area contributed by atoms with E-state index in [0.29, 0.717) is 36.8 Å². The lowest BCUT2D eigenvalue weighted by Crippen LogP contribution is -2.42. The highest BCUT2D eigenvalue weighted by Crippen LogP contribution is 2.54. The number of ether oxygens (including phenoxy) is 4. The monoisotopic (exact) mass is 532 g/mol. The molecular formula is C29H40O9. The molecule has 5 atom stereocenters. The zero-order chi connectivity index (χ0) is 28.3. The molecule has 0 saturated heterocycles. The van der Waals surface area contributed by atoms with Crippen LogP contribution in [0.1, 0.15) is 71.5 Å². The molecule has 0 fully saturated rings. The minimum Gasteiger partial charge on any atom is -0.472 e. The Morgan fingerprint density at radius 3 is 2.45 bits per heavy atom. The average molecular weight is 533 g/mol. The largest absolute Gasteiger partial charge is 0.472 e. The summed E-state index contributed by atoms with van der Waals surface area (Å²) in [5.41, 5.74) is 0.819. The van der Waals surface area contributed by atoms with Gasteiger partial charge in [-0.05, 0) is 56.1 Å². The molecule has 0 aliphatic heterocycles. The molecule has 1 unspecified atom stereocenters. The van der Waals surface area contributed by atoms with E-state index in [4.69, 9.17) is 23.4 Å². The summed E-state index contributed by atoms with van der Waals surface area (Å²) >= 11 is 0. The number of allylic oxidation sites excluding steroid dienone is 2. The van der Waals surface area contributed by atoms with Crippen molar-refractivity contribution in [3.05, 3.63) is 47.0 Å². The van der Waals surface area contributed by atoms with Gasteiger partial charge in [-0.15, -0.1) is 0 Å². The van der Waals surface area contributed by atoms with Gasteiger partial charge < -0.3 is 28.5 Å². The Morgan fingerprint density at radius 1 is 1.21 bits per heavy atom. The Labute approximate surface area is 224 Å². The van der Waals surface area contributed by atoms with E-state index in [2.05, 4.69) is 0 Å². The molecule has 210 valence electrons. The predicted octanol–water partition coefficient (Wildman–Crippen LogP) is 4.46. The fraction of sp³-hybridized carbons (Fsp3) is 0.621. The maximum Gasteiger partial charge on any atom is 0.306 e. The lowest BCUT2D eigenvalue weighted by molar-refractivity contribution is -0.158. The minimum atomic E-state index is -1.17. The van der Waals surface area contributed by atoms with Crippen LogP contribution in [0.4, 0.5) is 0 Å². The van der Waals surface area contributed by atoms with Crippen LogP contribution in [0.3, 0.4) is 0 Å². The smallest absolute Gasteiger partial charge is 0.306 e. The summed E-state index contributed by atoms with van der Waals surface area (Å²) in [4.78, 5) is 38.3. The Morgan fingerprint density at radius 2 is 1.89 bits per heavy atom. The van der Waals surface area contributed by atoms with E-state index >= 15 is 0 Å². The van der Waals surface area contributed by atoms with Crippen molar-refractivity contribution >= 4 is 17.7 Å². The maximum atomic E-state index is 14.0. The van der Waals surface area contributed by atoms with Crippen molar-refractivity contribution in [2.75, 3.05) is 21.3 Å². The number of rotatable bonds is 11. The number of furan rings is 1. The Bertz CT molecular complexity index is 1080. The van der Waals surface area contributed by atoms with Crippen molar-refractivity contribution in [2.24, 2.45) is 16.7 Å². The summed E-state index contributed by atoms with van der Waals surface area (Å²) in [6, 6.07) is 1.68. The maximum absolute atomic E-state index is 14.0. The molecule has 1 aromatic rings. The average Bonchev–Trinajstić information content (AvgIpc) is 3.50. The van der Waals surface area contributed by atoms with Crippen LogP contribution in [-0.4, -0.2) is 56.6 Å². The van der Waals surface area contributed by atoms with Crippen molar-refractivity contribution in [3.63, 3.8) is 0 Å². The summed E-state index contributed by atoms with van der Waals surface area (Å²) in [6.07, 6.45) is 4.20. The third-order valence-electron chi connectivity index (χ3n) is 8.36. The zero-order valence-electron chi connectivity index (χ0n) is 23.4. The molecule has 1 aromatic heterocycles. The third kappa shape index (κ3) is 5.80.